The SMILES string of the molecule is CCC(N)S(=O)(=O)c1ccccc1C(F)(F)F. The van der Waals surface area contributed by atoms with Crippen LogP contribution >= 0.6 is 0 Å². The number of hydrogen-bond acceptors (Lipinski definition) is 3. The molecule has 3 nitrogen and oxygen atoms in total. The molecular weight excluding hydrogens is 255 g/mol. The van der Waals surface area contributed by atoms with E-state index >= 15 is 0 Å². The Bertz CT molecular complexity index is 497. The van der Waals surface area contributed by atoms with E-state index in [1.54, 1.807) is 0 Å². The lowest BCUT2D eigenvalue weighted by atomic mass is 10.2. The smallest absolute Gasteiger partial charge is 0.315 e. The molecule has 1 aromatic rings. The Morgan fingerprint density at radius 1 is 1.29 bits per heavy atom. The zero-order chi connectivity index (χ0) is 13.3. The molecule has 1 atom stereocenters. The fourth-order valence-electron chi connectivity index (χ4n) is 1.33. The first-order chi connectivity index (χ1) is 7.71. The lowest BCUT2D eigenvalue weighted by Crippen LogP contribution is -2.31. The fraction of sp³-hybridized carbons (Fsp3) is 0.400. The molecule has 0 saturated carbocycles. The fourth-order valence-corrected chi connectivity index (χ4v) is 2.85. The maximum absolute atomic E-state index is 12.6. The van der Waals surface area contributed by atoms with E-state index in [9.17, 15) is 21.6 Å². The van der Waals surface area contributed by atoms with Crippen molar-refractivity contribution >= 4 is 9.84 Å². The summed E-state index contributed by atoms with van der Waals surface area (Å²) in [7, 11) is -4.15. The molecule has 2 N–H and O–H groups in total. The van der Waals surface area contributed by atoms with E-state index in [1.807, 2.05) is 0 Å². The summed E-state index contributed by atoms with van der Waals surface area (Å²) >= 11 is 0. The van der Waals surface area contributed by atoms with Crippen LogP contribution in [-0.4, -0.2) is 13.8 Å². The monoisotopic (exact) mass is 267 g/mol. The minimum absolute atomic E-state index is 0.0501. The highest BCUT2D eigenvalue weighted by Gasteiger charge is 2.38. The Morgan fingerprint density at radius 3 is 2.29 bits per heavy atom. The van der Waals surface area contributed by atoms with Crippen LogP contribution in [0.3, 0.4) is 0 Å². The Kier molecular flexibility index (Phi) is 3.83. The van der Waals surface area contributed by atoms with Crippen LogP contribution in [0.4, 0.5) is 13.2 Å². The van der Waals surface area contributed by atoms with Gasteiger partial charge in [0.05, 0.1) is 10.5 Å². The Hall–Kier alpha value is -1.08. The number of hydrogen-bond donors (Lipinski definition) is 1. The predicted molar refractivity (Wildman–Crippen MR) is 56.9 cm³/mol. The Balaban J connectivity index is 3.43. The van der Waals surface area contributed by atoms with Gasteiger partial charge in [-0.1, -0.05) is 19.1 Å². The maximum Gasteiger partial charge on any atom is 0.417 e. The number of rotatable bonds is 3. The van der Waals surface area contributed by atoms with Crippen molar-refractivity contribution in [2.45, 2.75) is 29.8 Å². The van der Waals surface area contributed by atoms with Crippen molar-refractivity contribution in [1.29, 1.82) is 0 Å². The van der Waals surface area contributed by atoms with Gasteiger partial charge in [0, 0.05) is 0 Å². The molecule has 0 aliphatic carbocycles. The van der Waals surface area contributed by atoms with E-state index in [4.69, 9.17) is 5.73 Å². The quantitative estimate of drug-likeness (QED) is 0.913. The molecule has 0 spiro atoms. The van der Waals surface area contributed by atoms with E-state index < -0.39 is 31.8 Å². The maximum atomic E-state index is 12.6. The number of halogens is 3. The first-order valence-corrected chi connectivity index (χ1v) is 6.41. The van der Waals surface area contributed by atoms with E-state index in [0.29, 0.717) is 0 Å². The standard InChI is InChI=1S/C10H12F3NO2S/c1-2-9(14)17(15,16)8-6-4-3-5-7(8)10(11,12)13/h3-6,9H,2,14H2,1H3. The van der Waals surface area contributed by atoms with Gasteiger partial charge in [-0.15, -0.1) is 0 Å². The lowest BCUT2D eigenvalue weighted by molar-refractivity contribution is -0.139. The van der Waals surface area contributed by atoms with Crippen molar-refractivity contribution in [2.75, 3.05) is 0 Å². The van der Waals surface area contributed by atoms with Gasteiger partial charge < -0.3 is 5.73 Å². The van der Waals surface area contributed by atoms with Crippen LogP contribution in [0, 0.1) is 0 Å². The van der Waals surface area contributed by atoms with E-state index in [0.717, 1.165) is 18.2 Å². The van der Waals surface area contributed by atoms with Crippen molar-refractivity contribution in [3.63, 3.8) is 0 Å². The molecule has 0 aliphatic rings. The molecule has 96 valence electrons. The molecular formula is C10H12F3NO2S. The van der Waals surface area contributed by atoms with Gasteiger partial charge in [-0.25, -0.2) is 8.42 Å². The number of alkyl halides is 3. The van der Waals surface area contributed by atoms with Crippen molar-refractivity contribution in [3.8, 4) is 0 Å². The molecule has 1 aromatic carbocycles. The molecule has 0 fully saturated rings. The number of benzene rings is 1. The highest BCUT2D eigenvalue weighted by atomic mass is 32.2. The topological polar surface area (TPSA) is 60.2 Å². The van der Waals surface area contributed by atoms with Crippen LogP contribution in [0.1, 0.15) is 18.9 Å². The summed E-state index contributed by atoms with van der Waals surface area (Å²) in [6.07, 6.45) is -4.66. The molecule has 0 saturated heterocycles. The molecule has 17 heavy (non-hydrogen) atoms. The van der Waals surface area contributed by atoms with Crippen LogP contribution < -0.4 is 5.73 Å². The van der Waals surface area contributed by atoms with Gasteiger partial charge in [0.25, 0.3) is 0 Å². The zero-order valence-electron chi connectivity index (χ0n) is 9.03. The van der Waals surface area contributed by atoms with Crippen molar-refractivity contribution < 1.29 is 21.6 Å². The first kappa shape index (κ1) is 14.0. The summed E-state index contributed by atoms with van der Waals surface area (Å²) in [4.78, 5) is -0.762. The molecule has 0 amide bonds. The minimum Gasteiger partial charge on any atom is -0.315 e. The van der Waals surface area contributed by atoms with Crippen LogP contribution in [0.2, 0.25) is 0 Å². The summed E-state index contributed by atoms with van der Waals surface area (Å²) < 4.78 is 61.5. The number of sulfone groups is 1. The van der Waals surface area contributed by atoms with Crippen molar-refractivity contribution in [2.24, 2.45) is 5.73 Å². The molecule has 0 heterocycles. The van der Waals surface area contributed by atoms with Crippen LogP contribution in [0.25, 0.3) is 0 Å². The summed E-state index contributed by atoms with van der Waals surface area (Å²) in [6, 6.07) is 4.03. The summed E-state index contributed by atoms with van der Waals surface area (Å²) in [5.41, 5.74) is 4.16. The second-order valence-electron chi connectivity index (χ2n) is 3.49. The van der Waals surface area contributed by atoms with Crippen LogP contribution in [0.15, 0.2) is 29.2 Å². The van der Waals surface area contributed by atoms with Crippen molar-refractivity contribution in [1.82, 2.24) is 0 Å². The van der Waals surface area contributed by atoms with Gasteiger partial charge in [-0.3, -0.25) is 0 Å². The van der Waals surface area contributed by atoms with Crippen molar-refractivity contribution in [3.05, 3.63) is 29.8 Å². The Labute approximate surface area is 97.4 Å². The number of nitrogens with two attached hydrogens (primary N) is 1. The third-order valence-electron chi connectivity index (χ3n) is 2.30. The van der Waals surface area contributed by atoms with E-state index in [2.05, 4.69) is 0 Å². The summed E-state index contributed by atoms with van der Waals surface area (Å²) in [5, 5.41) is -1.33. The van der Waals surface area contributed by atoms with Gasteiger partial charge in [-0.05, 0) is 18.6 Å². The highest BCUT2D eigenvalue weighted by molar-refractivity contribution is 7.92. The second-order valence-corrected chi connectivity index (χ2v) is 5.62. The Morgan fingerprint density at radius 2 is 1.82 bits per heavy atom. The highest BCUT2D eigenvalue weighted by Crippen LogP contribution is 2.34. The molecule has 0 bridgehead atoms. The zero-order valence-corrected chi connectivity index (χ0v) is 9.85. The largest absolute Gasteiger partial charge is 0.417 e. The van der Waals surface area contributed by atoms with Crippen LogP contribution in [0.5, 0.6) is 0 Å². The van der Waals surface area contributed by atoms with Gasteiger partial charge in [0.15, 0.2) is 9.84 Å². The van der Waals surface area contributed by atoms with E-state index in [1.165, 1.54) is 13.0 Å². The van der Waals surface area contributed by atoms with Gasteiger partial charge in [-0.2, -0.15) is 13.2 Å². The van der Waals surface area contributed by atoms with E-state index in [-0.39, 0.29) is 6.42 Å². The van der Waals surface area contributed by atoms with Gasteiger partial charge in [0.2, 0.25) is 0 Å². The average molecular weight is 267 g/mol. The predicted octanol–water partition coefficient (Wildman–Crippen LogP) is 2.17. The average Bonchev–Trinajstić information content (AvgIpc) is 2.26. The minimum atomic E-state index is -4.71. The summed E-state index contributed by atoms with van der Waals surface area (Å²) in [6.45, 7) is 1.50. The normalized spacial score (nSPS) is 14.6. The molecule has 1 rings (SSSR count). The molecule has 0 radical (unpaired) electrons. The first-order valence-electron chi connectivity index (χ1n) is 4.87. The third kappa shape index (κ3) is 2.78. The molecule has 0 aromatic heterocycles. The molecule has 1 unspecified atom stereocenters. The van der Waals surface area contributed by atoms with Gasteiger partial charge >= 0.3 is 6.18 Å². The lowest BCUT2D eigenvalue weighted by Gasteiger charge is -2.16. The second kappa shape index (κ2) is 4.66. The molecule has 7 heteroatoms. The molecule has 0 aliphatic heterocycles. The van der Waals surface area contributed by atoms with Gasteiger partial charge in [0.1, 0.15) is 5.37 Å². The summed E-state index contributed by atoms with van der Waals surface area (Å²) in [5.74, 6) is 0. The third-order valence-corrected chi connectivity index (χ3v) is 4.40. The van der Waals surface area contributed by atoms with Crippen LogP contribution in [-0.2, 0) is 16.0 Å².